The number of aliphatic hydroxyl groups is 3. The molecule has 0 saturated heterocycles. The molecule has 0 aliphatic heterocycles. The molecule has 2 amide bonds. The summed E-state index contributed by atoms with van der Waals surface area (Å²) in [6.07, 6.45) is 1.33. The van der Waals surface area contributed by atoms with E-state index in [0.717, 1.165) is 5.56 Å². The largest absolute Gasteiger partial charge is 0.387 e. The Kier molecular flexibility index (Phi) is 13.2. The van der Waals surface area contributed by atoms with Crippen LogP contribution in [0.1, 0.15) is 32.0 Å². The predicted octanol–water partition coefficient (Wildman–Crippen LogP) is 1.09. The second-order valence-corrected chi connectivity index (χ2v) is 10.5. The molecule has 1 aromatic heterocycles. The summed E-state index contributed by atoms with van der Waals surface area (Å²) in [6.45, 7) is 10.1. The number of benzene rings is 1. The molecule has 0 unspecified atom stereocenters. The minimum atomic E-state index is -1.78. The van der Waals surface area contributed by atoms with Crippen LogP contribution in [0.4, 0.5) is 0 Å². The van der Waals surface area contributed by atoms with Crippen LogP contribution in [0.2, 0.25) is 0 Å². The summed E-state index contributed by atoms with van der Waals surface area (Å²) in [5, 5.41) is 36.6. The molecule has 1 aromatic carbocycles. The summed E-state index contributed by atoms with van der Waals surface area (Å²) in [4.78, 5) is 30.2. The van der Waals surface area contributed by atoms with Crippen molar-refractivity contribution in [2.75, 3.05) is 13.7 Å². The van der Waals surface area contributed by atoms with Crippen molar-refractivity contribution < 1.29 is 34.4 Å². The SMILES string of the molecule is C=CCNC(=O)[C@H](Cc1cn(COCc2ccccc2)cn1)NC(=O)[C@H](OC)[C@H](O)[C@@H](O)[C@H](O)C=CC(C)(C)C. The van der Waals surface area contributed by atoms with Gasteiger partial charge in [0.15, 0.2) is 6.10 Å². The van der Waals surface area contributed by atoms with Crippen LogP contribution >= 0.6 is 0 Å². The molecule has 0 radical (unpaired) electrons. The maximum Gasteiger partial charge on any atom is 0.252 e. The standard InChI is InChI=1S/C29H42N4O7/c1-6-14-30-27(37)22(15-21-16-33(18-31-21)19-40-17-20-10-8-7-9-11-20)32-28(38)26(39-5)25(36)24(35)23(34)12-13-29(2,3)4/h6-13,16,18,22-26,34-36H,1,14-15,17,19H2,2-5H3,(H,30,37)(H,32,38)/t22-,23+,24-,25+,26+/m0/s1. The second-order valence-electron chi connectivity index (χ2n) is 10.5. The molecule has 220 valence electrons. The summed E-state index contributed by atoms with van der Waals surface area (Å²) in [7, 11) is 1.18. The molecule has 2 rings (SSSR count). The first-order valence-corrected chi connectivity index (χ1v) is 13.0. The Morgan fingerprint density at radius 2 is 1.82 bits per heavy atom. The Bertz CT molecular complexity index is 1100. The molecule has 11 heteroatoms. The van der Waals surface area contributed by atoms with Gasteiger partial charge in [0.25, 0.3) is 5.91 Å². The molecule has 0 aliphatic rings. The summed E-state index contributed by atoms with van der Waals surface area (Å²) >= 11 is 0. The van der Waals surface area contributed by atoms with Gasteiger partial charge in [-0.2, -0.15) is 0 Å². The van der Waals surface area contributed by atoms with Crippen molar-refractivity contribution in [2.24, 2.45) is 5.41 Å². The average molecular weight is 559 g/mol. The van der Waals surface area contributed by atoms with E-state index in [1.54, 1.807) is 23.2 Å². The van der Waals surface area contributed by atoms with Crippen molar-refractivity contribution >= 4 is 11.8 Å². The number of amides is 2. The van der Waals surface area contributed by atoms with E-state index in [0.29, 0.717) is 12.3 Å². The van der Waals surface area contributed by atoms with Gasteiger partial charge in [0.1, 0.15) is 31.1 Å². The zero-order valence-electron chi connectivity index (χ0n) is 23.6. The topological polar surface area (TPSA) is 155 Å². The van der Waals surface area contributed by atoms with Gasteiger partial charge in [-0.3, -0.25) is 9.59 Å². The number of nitrogens with zero attached hydrogens (tertiary/aromatic N) is 2. The van der Waals surface area contributed by atoms with Gasteiger partial charge >= 0.3 is 0 Å². The number of aliphatic hydroxyl groups excluding tert-OH is 3. The van der Waals surface area contributed by atoms with E-state index in [-0.39, 0.29) is 25.1 Å². The molecule has 1 heterocycles. The molecule has 11 nitrogen and oxygen atoms in total. The quantitative estimate of drug-likeness (QED) is 0.192. The number of hydrogen-bond donors (Lipinski definition) is 5. The molecule has 0 spiro atoms. The smallest absolute Gasteiger partial charge is 0.252 e. The highest BCUT2D eigenvalue weighted by atomic mass is 16.5. The first kappa shape index (κ1) is 32.9. The molecular formula is C29H42N4O7. The lowest BCUT2D eigenvalue weighted by Crippen LogP contribution is -2.56. The molecular weight excluding hydrogens is 516 g/mol. The number of imidazole rings is 1. The van der Waals surface area contributed by atoms with Gasteiger partial charge in [-0.15, -0.1) is 6.58 Å². The zero-order valence-corrected chi connectivity index (χ0v) is 23.6. The Morgan fingerprint density at radius 3 is 2.45 bits per heavy atom. The van der Waals surface area contributed by atoms with Crippen molar-refractivity contribution in [3.05, 3.63) is 78.9 Å². The average Bonchev–Trinajstić information content (AvgIpc) is 3.37. The van der Waals surface area contributed by atoms with Crippen LogP contribution in [0, 0.1) is 5.41 Å². The lowest BCUT2D eigenvalue weighted by Gasteiger charge is -2.28. The van der Waals surface area contributed by atoms with Crippen LogP contribution in [0.15, 0.2) is 67.7 Å². The van der Waals surface area contributed by atoms with Crippen LogP contribution in [-0.4, -0.2) is 80.8 Å². The summed E-state index contributed by atoms with van der Waals surface area (Å²) in [5.41, 5.74) is 1.28. The van der Waals surface area contributed by atoms with E-state index in [9.17, 15) is 24.9 Å². The van der Waals surface area contributed by atoms with Gasteiger partial charge in [0, 0.05) is 26.3 Å². The maximum atomic E-state index is 13.1. The lowest BCUT2D eigenvalue weighted by atomic mass is 9.94. The normalized spacial score (nSPS) is 15.7. The van der Waals surface area contributed by atoms with E-state index in [1.165, 1.54) is 19.3 Å². The fourth-order valence-corrected chi connectivity index (χ4v) is 3.68. The molecule has 5 N–H and O–H groups in total. The van der Waals surface area contributed by atoms with Gasteiger partial charge < -0.3 is 40.0 Å². The van der Waals surface area contributed by atoms with Crippen LogP contribution in [0.5, 0.6) is 0 Å². The maximum absolute atomic E-state index is 13.1. The Hall–Kier alpha value is -3.35. The highest BCUT2D eigenvalue weighted by molar-refractivity contribution is 5.90. The number of carbonyl (C=O) groups is 2. The molecule has 0 bridgehead atoms. The van der Waals surface area contributed by atoms with Crippen LogP contribution in [0.25, 0.3) is 0 Å². The number of rotatable bonds is 16. The van der Waals surface area contributed by atoms with Crippen molar-refractivity contribution in [1.82, 2.24) is 20.2 Å². The predicted molar refractivity (Wildman–Crippen MR) is 150 cm³/mol. The molecule has 5 atom stereocenters. The third kappa shape index (κ3) is 11.0. The van der Waals surface area contributed by atoms with Gasteiger partial charge in [0.05, 0.1) is 18.6 Å². The third-order valence-corrected chi connectivity index (χ3v) is 5.82. The third-order valence-electron chi connectivity index (χ3n) is 5.82. The van der Waals surface area contributed by atoms with E-state index in [1.807, 2.05) is 51.1 Å². The van der Waals surface area contributed by atoms with Gasteiger partial charge in [-0.25, -0.2) is 4.98 Å². The van der Waals surface area contributed by atoms with Crippen molar-refractivity contribution in [1.29, 1.82) is 0 Å². The molecule has 40 heavy (non-hydrogen) atoms. The summed E-state index contributed by atoms with van der Waals surface area (Å²) in [5.74, 6) is -1.34. The number of aromatic nitrogens is 2. The number of carbonyl (C=O) groups excluding carboxylic acids is 2. The number of methoxy groups -OCH3 is 1. The number of hydrogen-bond acceptors (Lipinski definition) is 8. The molecule has 0 aliphatic carbocycles. The first-order chi connectivity index (χ1) is 18.9. The minimum absolute atomic E-state index is 0.0342. The molecule has 2 aromatic rings. The van der Waals surface area contributed by atoms with Crippen LogP contribution in [-0.2, 0) is 38.8 Å². The Morgan fingerprint density at radius 1 is 1.12 bits per heavy atom. The number of nitrogens with one attached hydrogen (secondary N) is 2. The fourth-order valence-electron chi connectivity index (χ4n) is 3.68. The van der Waals surface area contributed by atoms with E-state index in [2.05, 4.69) is 22.2 Å². The molecule has 0 saturated carbocycles. The van der Waals surface area contributed by atoms with Gasteiger partial charge in [-0.1, -0.05) is 69.3 Å². The minimum Gasteiger partial charge on any atom is -0.387 e. The van der Waals surface area contributed by atoms with Crippen molar-refractivity contribution in [2.45, 2.75) is 71.0 Å². The summed E-state index contributed by atoms with van der Waals surface area (Å²) in [6, 6.07) is 8.63. The van der Waals surface area contributed by atoms with Crippen LogP contribution in [0.3, 0.4) is 0 Å². The van der Waals surface area contributed by atoms with E-state index < -0.39 is 42.3 Å². The van der Waals surface area contributed by atoms with Gasteiger partial charge in [0.2, 0.25) is 5.91 Å². The van der Waals surface area contributed by atoms with E-state index in [4.69, 9.17) is 9.47 Å². The van der Waals surface area contributed by atoms with Crippen LogP contribution < -0.4 is 10.6 Å². The first-order valence-electron chi connectivity index (χ1n) is 13.0. The monoisotopic (exact) mass is 558 g/mol. The number of allylic oxidation sites excluding steroid dienone is 1. The Labute approximate surface area is 235 Å². The number of ether oxygens (including phenoxy) is 2. The molecule has 0 fully saturated rings. The second kappa shape index (κ2) is 16.0. The summed E-state index contributed by atoms with van der Waals surface area (Å²) < 4.78 is 12.6. The zero-order chi connectivity index (χ0) is 29.7. The van der Waals surface area contributed by atoms with Crippen molar-refractivity contribution in [3.63, 3.8) is 0 Å². The van der Waals surface area contributed by atoms with E-state index >= 15 is 0 Å². The van der Waals surface area contributed by atoms with Crippen molar-refractivity contribution in [3.8, 4) is 0 Å². The Balaban J connectivity index is 2.07. The highest BCUT2D eigenvalue weighted by Crippen LogP contribution is 2.17. The fraction of sp³-hybridized carbons (Fsp3) is 0.483. The van der Waals surface area contributed by atoms with Gasteiger partial charge in [-0.05, 0) is 11.0 Å². The highest BCUT2D eigenvalue weighted by Gasteiger charge is 2.37. The lowest BCUT2D eigenvalue weighted by molar-refractivity contribution is -0.150.